The summed E-state index contributed by atoms with van der Waals surface area (Å²) in [5, 5.41) is 8.79. The minimum atomic E-state index is -0.813. The predicted octanol–water partition coefficient (Wildman–Crippen LogP) is 3.87. The molecule has 0 unspecified atom stereocenters. The molecule has 0 saturated heterocycles. The van der Waals surface area contributed by atoms with Gasteiger partial charge in [-0.05, 0) is 49.6 Å². The standard InChI is InChI=1S/C20H24O5/c1-3-23-19-14-16(9-11-20(21)22)8-10-18(19)25-13-12-24-17-7-5-4-6-15(17)2/h4-8,10,14H,3,9,11-13H2,1-2H3,(H,21,22). The van der Waals surface area contributed by atoms with Crippen molar-refractivity contribution in [1.29, 1.82) is 0 Å². The van der Waals surface area contributed by atoms with Crippen molar-refractivity contribution in [2.75, 3.05) is 19.8 Å². The van der Waals surface area contributed by atoms with E-state index in [1.807, 2.05) is 56.3 Å². The summed E-state index contributed by atoms with van der Waals surface area (Å²) < 4.78 is 17.1. The molecular weight excluding hydrogens is 320 g/mol. The van der Waals surface area contributed by atoms with Crippen LogP contribution in [0.25, 0.3) is 0 Å². The first-order valence-electron chi connectivity index (χ1n) is 8.39. The van der Waals surface area contributed by atoms with Crippen molar-refractivity contribution in [1.82, 2.24) is 0 Å². The van der Waals surface area contributed by atoms with Gasteiger partial charge in [-0.25, -0.2) is 0 Å². The van der Waals surface area contributed by atoms with E-state index < -0.39 is 5.97 Å². The lowest BCUT2D eigenvalue weighted by Crippen LogP contribution is -2.10. The average molecular weight is 344 g/mol. The van der Waals surface area contributed by atoms with Gasteiger partial charge in [0.05, 0.1) is 6.61 Å². The van der Waals surface area contributed by atoms with Gasteiger partial charge in [0.15, 0.2) is 11.5 Å². The quantitative estimate of drug-likeness (QED) is 0.663. The first-order chi connectivity index (χ1) is 12.1. The molecule has 2 rings (SSSR count). The molecule has 0 aliphatic heterocycles. The van der Waals surface area contributed by atoms with Gasteiger partial charge in [0.2, 0.25) is 0 Å². The number of carbonyl (C=O) groups is 1. The Hall–Kier alpha value is -2.69. The molecule has 0 fully saturated rings. The molecule has 25 heavy (non-hydrogen) atoms. The van der Waals surface area contributed by atoms with Crippen molar-refractivity contribution < 1.29 is 24.1 Å². The zero-order valence-electron chi connectivity index (χ0n) is 14.7. The van der Waals surface area contributed by atoms with Crippen molar-refractivity contribution in [3.63, 3.8) is 0 Å². The van der Waals surface area contributed by atoms with Gasteiger partial charge in [-0.3, -0.25) is 4.79 Å². The van der Waals surface area contributed by atoms with Gasteiger partial charge < -0.3 is 19.3 Å². The van der Waals surface area contributed by atoms with Gasteiger partial charge >= 0.3 is 5.97 Å². The minimum Gasteiger partial charge on any atom is -0.490 e. The number of ether oxygens (including phenoxy) is 3. The number of hydrogen-bond donors (Lipinski definition) is 1. The fourth-order valence-electron chi connectivity index (χ4n) is 2.37. The van der Waals surface area contributed by atoms with Crippen LogP contribution in [-0.2, 0) is 11.2 Å². The SMILES string of the molecule is CCOc1cc(CCC(=O)O)ccc1OCCOc1ccccc1C. The highest BCUT2D eigenvalue weighted by Gasteiger charge is 2.08. The van der Waals surface area contributed by atoms with Crippen LogP contribution in [0.2, 0.25) is 0 Å². The third-order valence-corrected chi connectivity index (χ3v) is 3.63. The maximum atomic E-state index is 10.7. The van der Waals surface area contributed by atoms with Crippen LogP contribution in [-0.4, -0.2) is 30.9 Å². The van der Waals surface area contributed by atoms with Gasteiger partial charge in [-0.1, -0.05) is 24.3 Å². The van der Waals surface area contributed by atoms with E-state index in [2.05, 4.69) is 0 Å². The van der Waals surface area contributed by atoms with Crippen molar-refractivity contribution in [3.05, 3.63) is 53.6 Å². The Kier molecular flexibility index (Phi) is 7.14. The van der Waals surface area contributed by atoms with E-state index in [0.717, 1.165) is 16.9 Å². The molecule has 2 aromatic rings. The van der Waals surface area contributed by atoms with E-state index in [0.29, 0.717) is 37.7 Å². The highest BCUT2D eigenvalue weighted by atomic mass is 16.5. The van der Waals surface area contributed by atoms with Gasteiger partial charge in [0, 0.05) is 6.42 Å². The Morgan fingerprint density at radius 1 is 0.960 bits per heavy atom. The number of carboxylic acid groups (broad SMARTS) is 1. The number of benzene rings is 2. The second-order valence-corrected chi connectivity index (χ2v) is 5.57. The molecule has 5 heteroatoms. The van der Waals surface area contributed by atoms with Crippen LogP contribution in [0.4, 0.5) is 0 Å². The van der Waals surface area contributed by atoms with Gasteiger partial charge in [0.25, 0.3) is 0 Å². The lowest BCUT2D eigenvalue weighted by molar-refractivity contribution is -0.136. The van der Waals surface area contributed by atoms with Crippen LogP contribution >= 0.6 is 0 Å². The maximum absolute atomic E-state index is 10.7. The summed E-state index contributed by atoms with van der Waals surface area (Å²) in [6, 6.07) is 13.4. The molecule has 0 aliphatic carbocycles. The zero-order valence-corrected chi connectivity index (χ0v) is 14.7. The van der Waals surface area contributed by atoms with E-state index in [9.17, 15) is 4.79 Å². The lowest BCUT2D eigenvalue weighted by atomic mass is 10.1. The Bertz CT molecular complexity index is 696. The second kappa shape index (κ2) is 9.57. The Labute approximate surface area is 148 Å². The topological polar surface area (TPSA) is 65.0 Å². The number of carboxylic acids is 1. The van der Waals surface area contributed by atoms with Crippen molar-refractivity contribution in [3.8, 4) is 17.2 Å². The molecule has 0 amide bonds. The summed E-state index contributed by atoms with van der Waals surface area (Å²) in [4.78, 5) is 10.7. The van der Waals surface area contributed by atoms with E-state index in [1.165, 1.54) is 0 Å². The molecule has 1 N–H and O–H groups in total. The van der Waals surface area contributed by atoms with E-state index in [4.69, 9.17) is 19.3 Å². The Morgan fingerprint density at radius 3 is 2.36 bits per heavy atom. The smallest absolute Gasteiger partial charge is 0.303 e. The third-order valence-electron chi connectivity index (χ3n) is 3.63. The molecule has 0 bridgehead atoms. The van der Waals surface area contributed by atoms with Crippen LogP contribution in [0.3, 0.4) is 0 Å². The Balaban J connectivity index is 1.91. The summed E-state index contributed by atoms with van der Waals surface area (Å²) in [5.74, 6) is 1.29. The van der Waals surface area contributed by atoms with Crippen LogP contribution in [0.5, 0.6) is 17.2 Å². The molecule has 134 valence electrons. The second-order valence-electron chi connectivity index (χ2n) is 5.57. The molecule has 0 heterocycles. The van der Waals surface area contributed by atoms with E-state index in [-0.39, 0.29) is 6.42 Å². The molecule has 5 nitrogen and oxygen atoms in total. The highest BCUT2D eigenvalue weighted by molar-refractivity contribution is 5.67. The first kappa shape index (κ1) is 18.6. The minimum absolute atomic E-state index is 0.0933. The fraction of sp³-hybridized carbons (Fsp3) is 0.350. The summed E-state index contributed by atoms with van der Waals surface area (Å²) in [7, 11) is 0. The monoisotopic (exact) mass is 344 g/mol. The molecule has 0 atom stereocenters. The number of aryl methyl sites for hydroxylation is 2. The number of aliphatic carboxylic acids is 1. The van der Waals surface area contributed by atoms with E-state index in [1.54, 1.807) is 0 Å². The number of rotatable bonds is 10. The zero-order chi connectivity index (χ0) is 18.1. The van der Waals surface area contributed by atoms with Crippen LogP contribution < -0.4 is 14.2 Å². The maximum Gasteiger partial charge on any atom is 0.303 e. The largest absolute Gasteiger partial charge is 0.490 e. The number of para-hydroxylation sites is 1. The third kappa shape index (κ3) is 6.03. The molecule has 0 spiro atoms. The summed E-state index contributed by atoms with van der Waals surface area (Å²) >= 11 is 0. The van der Waals surface area contributed by atoms with E-state index >= 15 is 0 Å². The van der Waals surface area contributed by atoms with Crippen LogP contribution in [0, 0.1) is 6.92 Å². The van der Waals surface area contributed by atoms with Gasteiger partial charge in [-0.2, -0.15) is 0 Å². The number of hydrogen-bond acceptors (Lipinski definition) is 4. The molecule has 0 saturated carbocycles. The predicted molar refractivity (Wildman–Crippen MR) is 95.7 cm³/mol. The summed E-state index contributed by atoms with van der Waals surface area (Å²) in [6.07, 6.45) is 0.558. The normalized spacial score (nSPS) is 10.3. The van der Waals surface area contributed by atoms with Crippen LogP contribution in [0.15, 0.2) is 42.5 Å². The fourth-order valence-corrected chi connectivity index (χ4v) is 2.37. The molecule has 0 aliphatic rings. The molecular formula is C20H24O5. The molecule has 0 radical (unpaired) electrons. The summed E-state index contributed by atoms with van der Waals surface area (Å²) in [5.41, 5.74) is 2.00. The average Bonchev–Trinajstić information content (AvgIpc) is 2.60. The summed E-state index contributed by atoms with van der Waals surface area (Å²) in [6.45, 7) is 5.23. The molecule has 0 aromatic heterocycles. The highest BCUT2D eigenvalue weighted by Crippen LogP contribution is 2.29. The van der Waals surface area contributed by atoms with Crippen molar-refractivity contribution in [2.24, 2.45) is 0 Å². The van der Waals surface area contributed by atoms with Crippen LogP contribution in [0.1, 0.15) is 24.5 Å². The van der Waals surface area contributed by atoms with Crippen molar-refractivity contribution in [2.45, 2.75) is 26.7 Å². The molecule has 2 aromatic carbocycles. The van der Waals surface area contributed by atoms with Gasteiger partial charge in [-0.15, -0.1) is 0 Å². The van der Waals surface area contributed by atoms with Gasteiger partial charge in [0.1, 0.15) is 19.0 Å². The first-order valence-corrected chi connectivity index (χ1v) is 8.39. The van der Waals surface area contributed by atoms with Crippen molar-refractivity contribution >= 4 is 5.97 Å². The lowest BCUT2D eigenvalue weighted by Gasteiger charge is -2.14. The Morgan fingerprint density at radius 2 is 1.68 bits per heavy atom.